The summed E-state index contributed by atoms with van der Waals surface area (Å²) < 4.78 is 44.4. The number of carbonyl (C=O) groups excluding carboxylic acids is 2. The number of rotatable bonds is 8. The van der Waals surface area contributed by atoms with E-state index in [9.17, 15) is 27.6 Å². The van der Waals surface area contributed by atoms with Crippen LogP contribution in [-0.2, 0) is 11.0 Å². The lowest BCUT2D eigenvalue weighted by Crippen LogP contribution is -2.52. The summed E-state index contributed by atoms with van der Waals surface area (Å²) in [7, 11) is 0. The Morgan fingerprint density at radius 2 is 1.74 bits per heavy atom. The Morgan fingerprint density at radius 1 is 1.00 bits per heavy atom. The van der Waals surface area contributed by atoms with Crippen molar-refractivity contribution in [3.05, 3.63) is 65.7 Å². The van der Waals surface area contributed by atoms with Gasteiger partial charge in [0.2, 0.25) is 5.91 Å². The standard InChI is InChI=1S/C24H26F3N3O5/c25-24(26,27)17-6-4-5-15(11-17)22(32)28-13-21(31)30-20-10-9-18(29-23(33)34)12-16(20)14-35-19-7-2-1-3-8-19/h1-8,11,16,18,20,29H,9-10,12-14H2,(H,28,32)(H,30,31)(H,33,34)/t16-,18+,20-/m0/s1. The SMILES string of the molecule is O=C(O)N[C@@H]1CC[C@H](NC(=O)CNC(=O)c2cccc(C(F)(F)F)c2)[C@H](COc2ccccc2)C1. The van der Waals surface area contributed by atoms with E-state index in [0.29, 0.717) is 25.0 Å². The van der Waals surface area contributed by atoms with E-state index in [2.05, 4.69) is 16.0 Å². The number of ether oxygens (including phenoxy) is 1. The van der Waals surface area contributed by atoms with Crippen molar-refractivity contribution in [3.63, 3.8) is 0 Å². The molecule has 11 heteroatoms. The number of alkyl halides is 3. The highest BCUT2D eigenvalue weighted by molar-refractivity contribution is 5.96. The fourth-order valence-corrected chi connectivity index (χ4v) is 4.02. The van der Waals surface area contributed by atoms with Gasteiger partial charge in [-0.15, -0.1) is 0 Å². The number of benzene rings is 2. The monoisotopic (exact) mass is 493 g/mol. The molecule has 0 bridgehead atoms. The van der Waals surface area contributed by atoms with E-state index >= 15 is 0 Å². The lowest BCUT2D eigenvalue weighted by Gasteiger charge is -2.36. The first-order valence-corrected chi connectivity index (χ1v) is 11.0. The summed E-state index contributed by atoms with van der Waals surface area (Å²) in [6.07, 6.45) is -4.27. The second-order valence-electron chi connectivity index (χ2n) is 8.28. The van der Waals surface area contributed by atoms with Gasteiger partial charge >= 0.3 is 12.3 Å². The minimum absolute atomic E-state index is 0.205. The van der Waals surface area contributed by atoms with Crippen LogP contribution in [0.1, 0.15) is 35.2 Å². The van der Waals surface area contributed by atoms with Crippen molar-refractivity contribution < 1.29 is 37.4 Å². The molecule has 1 saturated carbocycles. The molecule has 2 aromatic rings. The molecule has 3 amide bonds. The van der Waals surface area contributed by atoms with Crippen LogP contribution in [0.15, 0.2) is 54.6 Å². The number of carbonyl (C=O) groups is 3. The highest BCUT2D eigenvalue weighted by atomic mass is 19.4. The third-order valence-electron chi connectivity index (χ3n) is 5.73. The van der Waals surface area contributed by atoms with E-state index in [-0.39, 0.29) is 30.2 Å². The summed E-state index contributed by atoms with van der Waals surface area (Å²) in [5.41, 5.74) is -1.16. The summed E-state index contributed by atoms with van der Waals surface area (Å²) in [6, 6.07) is 12.4. The number of amides is 3. The largest absolute Gasteiger partial charge is 0.493 e. The van der Waals surface area contributed by atoms with E-state index in [1.165, 1.54) is 6.07 Å². The molecular formula is C24H26F3N3O5. The zero-order valence-corrected chi connectivity index (χ0v) is 18.7. The van der Waals surface area contributed by atoms with Crippen LogP contribution in [-0.4, -0.2) is 48.2 Å². The van der Waals surface area contributed by atoms with Crippen LogP contribution in [0.5, 0.6) is 5.75 Å². The van der Waals surface area contributed by atoms with Crippen LogP contribution in [0.2, 0.25) is 0 Å². The topological polar surface area (TPSA) is 117 Å². The molecule has 3 atom stereocenters. The maximum absolute atomic E-state index is 12.9. The average Bonchev–Trinajstić information content (AvgIpc) is 2.82. The maximum atomic E-state index is 12.9. The predicted octanol–water partition coefficient (Wildman–Crippen LogP) is 3.44. The van der Waals surface area contributed by atoms with Crippen molar-refractivity contribution in [1.82, 2.24) is 16.0 Å². The maximum Gasteiger partial charge on any atom is 0.416 e. The minimum atomic E-state index is -4.58. The van der Waals surface area contributed by atoms with Gasteiger partial charge in [0.05, 0.1) is 18.7 Å². The Morgan fingerprint density at radius 3 is 2.43 bits per heavy atom. The average molecular weight is 493 g/mol. The third-order valence-corrected chi connectivity index (χ3v) is 5.73. The van der Waals surface area contributed by atoms with Gasteiger partial charge < -0.3 is 25.8 Å². The molecule has 0 radical (unpaired) electrons. The fourth-order valence-electron chi connectivity index (χ4n) is 4.02. The van der Waals surface area contributed by atoms with Gasteiger partial charge in [-0.2, -0.15) is 13.2 Å². The molecule has 0 unspecified atom stereocenters. The van der Waals surface area contributed by atoms with Crippen LogP contribution < -0.4 is 20.7 Å². The third kappa shape index (κ3) is 7.90. The Labute approximate surface area is 199 Å². The van der Waals surface area contributed by atoms with Crippen molar-refractivity contribution in [2.75, 3.05) is 13.2 Å². The zero-order valence-electron chi connectivity index (χ0n) is 18.7. The van der Waals surface area contributed by atoms with Crippen LogP contribution in [0.25, 0.3) is 0 Å². The van der Waals surface area contributed by atoms with Gasteiger partial charge in [0.15, 0.2) is 0 Å². The van der Waals surface area contributed by atoms with Crippen molar-refractivity contribution >= 4 is 17.9 Å². The van der Waals surface area contributed by atoms with Crippen LogP contribution >= 0.6 is 0 Å². The number of hydrogen-bond donors (Lipinski definition) is 4. The molecule has 0 aliphatic heterocycles. The van der Waals surface area contributed by atoms with E-state index in [1.807, 2.05) is 18.2 Å². The molecule has 35 heavy (non-hydrogen) atoms. The molecule has 1 fully saturated rings. The molecular weight excluding hydrogens is 467 g/mol. The first-order valence-electron chi connectivity index (χ1n) is 11.0. The van der Waals surface area contributed by atoms with E-state index in [0.717, 1.165) is 18.2 Å². The predicted molar refractivity (Wildman–Crippen MR) is 120 cm³/mol. The van der Waals surface area contributed by atoms with Crippen molar-refractivity contribution in [2.24, 2.45) is 5.92 Å². The Hall–Kier alpha value is -3.76. The first-order chi connectivity index (χ1) is 16.6. The molecule has 0 spiro atoms. The quantitative estimate of drug-likeness (QED) is 0.450. The van der Waals surface area contributed by atoms with Gasteiger partial charge in [-0.3, -0.25) is 9.59 Å². The Balaban J connectivity index is 1.57. The molecule has 0 saturated heterocycles. The molecule has 8 nitrogen and oxygen atoms in total. The molecule has 4 N–H and O–H groups in total. The van der Waals surface area contributed by atoms with Gasteiger partial charge in [0.1, 0.15) is 5.75 Å². The summed E-state index contributed by atoms with van der Waals surface area (Å²) in [6.45, 7) is -0.183. The smallest absolute Gasteiger partial charge is 0.416 e. The van der Waals surface area contributed by atoms with Crippen LogP contribution in [0.4, 0.5) is 18.0 Å². The van der Waals surface area contributed by atoms with Crippen LogP contribution in [0, 0.1) is 5.92 Å². The summed E-state index contributed by atoms with van der Waals surface area (Å²) >= 11 is 0. The second-order valence-corrected chi connectivity index (χ2v) is 8.28. The number of halogens is 3. The summed E-state index contributed by atoms with van der Waals surface area (Å²) in [4.78, 5) is 35.8. The number of carboxylic acid groups (broad SMARTS) is 1. The lowest BCUT2D eigenvalue weighted by molar-refractivity contribution is -0.137. The molecule has 1 aliphatic carbocycles. The molecule has 0 aromatic heterocycles. The number of para-hydroxylation sites is 1. The van der Waals surface area contributed by atoms with Crippen molar-refractivity contribution in [3.8, 4) is 5.75 Å². The molecule has 0 heterocycles. The van der Waals surface area contributed by atoms with Crippen molar-refractivity contribution in [2.45, 2.75) is 37.5 Å². The number of nitrogens with one attached hydrogen (secondary N) is 3. The highest BCUT2D eigenvalue weighted by Gasteiger charge is 2.33. The van der Waals surface area contributed by atoms with Crippen molar-refractivity contribution in [1.29, 1.82) is 0 Å². The van der Waals surface area contributed by atoms with E-state index < -0.39 is 36.2 Å². The lowest BCUT2D eigenvalue weighted by atomic mass is 9.82. The van der Waals surface area contributed by atoms with Crippen LogP contribution in [0.3, 0.4) is 0 Å². The molecule has 188 valence electrons. The first kappa shape index (κ1) is 25.9. The molecule has 2 aromatic carbocycles. The van der Waals surface area contributed by atoms with Gasteiger partial charge in [-0.1, -0.05) is 24.3 Å². The fraction of sp³-hybridized carbons (Fsp3) is 0.375. The normalized spacial score (nSPS) is 19.9. The van der Waals surface area contributed by atoms with Gasteiger partial charge in [-0.25, -0.2) is 4.79 Å². The summed E-state index contributed by atoms with van der Waals surface area (Å²) in [5.74, 6) is -0.877. The Bertz CT molecular complexity index is 1030. The number of hydrogen-bond acceptors (Lipinski definition) is 4. The summed E-state index contributed by atoms with van der Waals surface area (Å²) in [5, 5.41) is 16.7. The molecule has 3 rings (SSSR count). The van der Waals surface area contributed by atoms with Gasteiger partial charge in [0.25, 0.3) is 5.91 Å². The minimum Gasteiger partial charge on any atom is -0.493 e. The van der Waals surface area contributed by atoms with E-state index in [4.69, 9.17) is 9.84 Å². The Kier molecular flexibility index (Phi) is 8.56. The van der Waals surface area contributed by atoms with Gasteiger partial charge in [0, 0.05) is 23.6 Å². The molecule has 1 aliphatic rings. The highest BCUT2D eigenvalue weighted by Crippen LogP contribution is 2.29. The zero-order chi connectivity index (χ0) is 25.4. The van der Waals surface area contributed by atoms with Gasteiger partial charge in [-0.05, 0) is 49.6 Å². The van der Waals surface area contributed by atoms with E-state index in [1.54, 1.807) is 12.1 Å². The second kappa shape index (κ2) is 11.6.